The molecule has 55 heavy (non-hydrogen) atoms. The minimum Gasteiger partial charge on any atom is -0.462 e. The van der Waals surface area contributed by atoms with Gasteiger partial charge in [0.25, 0.3) is 11.1 Å². The standard InChI is InChI=1S/C18H19N3O4.C16H14N4O2.C2H6O.H2O4S/c1-4-25-17(23)12-7-5-6-11(8-12)9-13-10-14-15(19-13)20(2)18(24)21(3)16(14)22;1-19-14-13(15(21)20(2)16(19)22)8-12(18-14)7-10-4-3-5-11(6-10)9-17;1-2-3;1-5(2,3)4/h5-8H,4,9-10H2,1-3H3;3-6H,7-8H2,1-2H3;3H,2H2,1H3;(H2,1,2,3,4). The Labute approximate surface area is 315 Å². The van der Waals surface area contributed by atoms with Crippen LogP contribution in [0.3, 0.4) is 0 Å². The Bertz CT molecular complexity index is 2550. The maximum Gasteiger partial charge on any atom is 0.394 e. The van der Waals surface area contributed by atoms with Crippen molar-refractivity contribution < 1.29 is 32.2 Å². The Morgan fingerprint density at radius 3 is 1.62 bits per heavy atom. The lowest BCUT2D eigenvalue weighted by Crippen LogP contribution is -2.38. The van der Waals surface area contributed by atoms with Crippen molar-refractivity contribution in [3.05, 3.63) is 124 Å². The smallest absolute Gasteiger partial charge is 0.394 e. The molecule has 0 bridgehead atoms. The van der Waals surface area contributed by atoms with Crippen molar-refractivity contribution in [2.24, 2.45) is 38.2 Å². The molecule has 0 aliphatic carbocycles. The zero-order valence-corrected chi connectivity index (χ0v) is 31.8. The lowest BCUT2D eigenvalue weighted by Gasteiger charge is -2.05. The molecule has 2 aliphatic rings. The minimum absolute atomic E-state index is 0.250. The summed E-state index contributed by atoms with van der Waals surface area (Å²) in [5.41, 5.74) is 4.27. The fraction of sp³-hybridized carbons (Fsp3) is 0.333. The van der Waals surface area contributed by atoms with Crippen LogP contribution in [0.1, 0.15) is 52.0 Å². The molecule has 0 atom stereocenters. The van der Waals surface area contributed by atoms with E-state index in [9.17, 15) is 24.0 Å². The Hall–Kier alpha value is -6.07. The number of esters is 1. The second-order valence-corrected chi connectivity index (χ2v) is 13.0. The molecule has 0 unspecified atom stereocenters. The molecule has 2 aromatic heterocycles. The highest BCUT2D eigenvalue weighted by Crippen LogP contribution is 2.24. The lowest BCUT2D eigenvalue weighted by molar-refractivity contribution is 0.0526. The molecule has 0 amide bonds. The summed E-state index contributed by atoms with van der Waals surface area (Å²) >= 11 is 0. The monoisotopic (exact) mass is 779 g/mol. The highest BCUT2D eigenvalue weighted by molar-refractivity contribution is 7.79. The molecule has 0 radical (unpaired) electrons. The molecule has 19 heteroatoms. The molecular weight excluding hydrogens is 739 g/mol. The Morgan fingerprint density at radius 2 is 1.20 bits per heavy atom. The Morgan fingerprint density at radius 1 is 0.782 bits per heavy atom. The maximum absolute atomic E-state index is 12.3. The van der Waals surface area contributed by atoms with E-state index in [0.717, 1.165) is 31.7 Å². The van der Waals surface area contributed by atoms with Crippen LogP contribution >= 0.6 is 0 Å². The van der Waals surface area contributed by atoms with Crippen molar-refractivity contribution in [1.29, 1.82) is 5.26 Å². The fourth-order valence-electron chi connectivity index (χ4n) is 5.64. The third kappa shape index (κ3) is 11.2. The molecule has 6 rings (SSSR count). The van der Waals surface area contributed by atoms with Crippen molar-refractivity contribution in [3.63, 3.8) is 0 Å². The number of hydrogen-bond donors (Lipinski definition) is 3. The number of hydrogen-bond acceptors (Lipinski definition) is 12. The van der Waals surface area contributed by atoms with Gasteiger partial charge in [0.05, 0.1) is 34.9 Å². The van der Waals surface area contributed by atoms with Gasteiger partial charge in [0.15, 0.2) is 0 Å². The van der Waals surface area contributed by atoms with Crippen LogP contribution in [0.15, 0.2) is 77.7 Å². The van der Waals surface area contributed by atoms with Crippen LogP contribution in [0, 0.1) is 11.3 Å². The summed E-state index contributed by atoms with van der Waals surface area (Å²) in [7, 11) is 1.49. The van der Waals surface area contributed by atoms with Gasteiger partial charge < -0.3 is 9.84 Å². The highest BCUT2D eigenvalue weighted by atomic mass is 32.3. The summed E-state index contributed by atoms with van der Waals surface area (Å²) in [5.74, 6) is 0.501. The molecule has 18 nitrogen and oxygen atoms in total. The third-order valence-electron chi connectivity index (χ3n) is 8.05. The van der Waals surface area contributed by atoms with E-state index in [-0.39, 0.29) is 29.4 Å². The fourth-order valence-corrected chi connectivity index (χ4v) is 5.64. The number of fused-ring (bicyclic) bond motifs is 2. The minimum atomic E-state index is -4.67. The van der Waals surface area contributed by atoms with Gasteiger partial charge in [0.1, 0.15) is 11.6 Å². The first-order valence-corrected chi connectivity index (χ1v) is 18.0. The zero-order chi connectivity index (χ0) is 41.2. The van der Waals surface area contributed by atoms with Gasteiger partial charge in [0.2, 0.25) is 0 Å². The van der Waals surface area contributed by atoms with Crippen molar-refractivity contribution >= 4 is 39.4 Å². The van der Waals surface area contributed by atoms with E-state index >= 15 is 0 Å². The van der Waals surface area contributed by atoms with E-state index in [2.05, 4.69) is 16.1 Å². The van der Waals surface area contributed by atoms with E-state index in [1.165, 1.54) is 23.2 Å². The average molecular weight is 780 g/mol. The van der Waals surface area contributed by atoms with Crippen LogP contribution in [0.4, 0.5) is 11.6 Å². The summed E-state index contributed by atoms with van der Waals surface area (Å²) in [6.45, 7) is 4.01. The predicted octanol–water partition coefficient (Wildman–Crippen LogP) is 1.30. The number of carbonyl (C=O) groups excluding carboxylic acids is 1. The molecule has 4 heterocycles. The van der Waals surface area contributed by atoms with Crippen molar-refractivity contribution in [2.75, 3.05) is 13.2 Å². The SMILES string of the molecule is CCO.CCOC(=O)c1cccc(CC2=Nc3c(c(=O)n(C)c(=O)n3C)C2)c1.Cn1c2c(c(=O)n(C)c1=O)CC(Cc1cccc(C#N)c1)=N2.O=S(=O)(O)O. The lowest BCUT2D eigenvalue weighted by atomic mass is 10.0. The number of rotatable bonds is 6. The zero-order valence-electron chi connectivity index (χ0n) is 31.0. The summed E-state index contributed by atoms with van der Waals surface area (Å²) in [6.07, 6.45) is 1.90. The van der Waals surface area contributed by atoms with Gasteiger partial charge in [-0.2, -0.15) is 13.7 Å². The summed E-state index contributed by atoms with van der Waals surface area (Å²) < 4.78 is 41.6. The van der Waals surface area contributed by atoms with E-state index in [4.69, 9.17) is 32.6 Å². The van der Waals surface area contributed by atoms with Crippen molar-refractivity contribution in [3.8, 4) is 6.07 Å². The number of aliphatic hydroxyl groups excluding tert-OH is 1. The van der Waals surface area contributed by atoms with Crippen LogP contribution in [0.2, 0.25) is 0 Å². The molecule has 0 saturated carbocycles. The molecule has 2 aromatic carbocycles. The van der Waals surface area contributed by atoms with Crippen LogP contribution in [0.5, 0.6) is 0 Å². The van der Waals surface area contributed by atoms with E-state index in [1.54, 1.807) is 52.2 Å². The average Bonchev–Trinajstić information content (AvgIpc) is 3.76. The number of aliphatic hydroxyl groups is 1. The van der Waals surface area contributed by atoms with E-state index in [0.29, 0.717) is 66.2 Å². The molecule has 4 aromatic rings. The van der Waals surface area contributed by atoms with Crippen LogP contribution in [0.25, 0.3) is 0 Å². The van der Waals surface area contributed by atoms with Gasteiger partial charge in [0, 0.05) is 71.9 Å². The first kappa shape index (κ1) is 43.3. The molecule has 292 valence electrons. The normalized spacial score (nSPS) is 12.2. The largest absolute Gasteiger partial charge is 0.462 e. The summed E-state index contributed by atoms with van der Waals surface area (Å²) in [5, 5.41) is 16.5. The number of nitriles is 1. The van der Waals surface area contributed by atoms with E-state index < -0.39 is 16.1 Å². The number of carbonyl (C=O) groups is 1. The quantitative estimate of drug-likeness (QED) is 0.185. The van der Waals surface area contributed by atoms with Crippen LogP contribution < -0.4 is 22.5 Å². The first-order valence-electron chi connectivity index (χ1n) is 16.6. The summed E-state index contributed by atoms with van der Waals surface area (Å²) in [6, 6.07) is 16.6. The molecule has 0 fully saturated rings. The Balaban J connectivity index is 0.000000249. The summed E-state index contributed by atoms with van der Waals surface area (Å²) in [4.78, 5) is 69.1. The molecular formula is C36H41N7O11S. The van der Waals surface area contributed by atoms with Gasteiger partial charge in [-0.05, 0) is 49.2 Å². The number of benzene rings is 2. The Kier molecular flexibility index (Phi) is 14.8. The van der Waals surface area contributed by atoms with Gasteiger partial charge in [-0.25, -0.2) is 24.4 Å². The first-order chi connectivity index (χ1) is 25.8. The van der Waals surface area contributed by atoms with Gasteiger partial charge in [-0.15, -0.1) is 0 Å². The number of nitrogens with zero attached hydrogens (tertiary/aromatic N) is 7. The predicted molar refractivity (Wildman–Crippen MR) is 203 cm³/mol. The topological polar surface area (TPSA) is 258 Å². The second kappa shape index (κ2) is 18.8. The molecule has 0 spiro atoms. The number of ether oxygens (including phenoxy) is 1. The second-order valence-electron chi connectivity index (χ2n) is 12.1. The van der Waals surface area contributed by atoms with Crippen molar-refractivity contribution in [1.82, 2.24) is 18.3 Å². The van der Waals surface area contributed by atoms with Crippen LogP contribution in [-0.2, 0) is 69.0 Å². The molecule has 0 saturated heterocycles. The molecule has 3 N–H and O–H groups in total. The van der Waals surface area contributed by atoms with Gasteiger partial charge >= 0.3 is 27.7 Å². The molecule has 2 aliphatic heterocycles. The maximum atomic E-state index is 12.3. The highest BCUT2D eigenvalue weighted by Gasteiger charge is 2.24. The van der Waals surface area contributed by atoms with Crippen LogP contribution in [-0.4, -0.2) is 71.5 Å². The number of aliphatic imine (C=N–C) groups is 2. The third-order valence-corrected chi connectivity index (χ3v) is 8.05. The van der Waals surface area contributed by atoms with Crippen molar-refractivity contribution in [2.45, 2.75) is 39.5 Å². The van der Waals surface area contributed by atoms with Gasteiger partial charge in [-0.1, -0.05) is 24.3 Å². The van der Waals surface area contributed by atoms with E-state index in [1.807, 2.05) is 24.3 Å². The van der Waals surface area contributed by atoms with Gasteiger partial charge in [-0.3, -0.25) is 37.0 Å². The number of aromatic nitrogens is 4.